The summed E-state index contributed by atoms with van der Waals surface area (Å²) in [6, 6.07) is 7.69. The average molecular weight is 353 g/mol. The van der Waals surface area contributed by atoms with E-state index in [0.717, 1.165) is 5.76 Å². The van der Waals surface area contributed by atoms with E-state index in [1.807, 2.05) is 6.92 Å². The van der Waals surface area contributed by atoms with Crippen LogP contribution in [0.1, 0.15) is 21.9 Å². The van der Waals surface area contributed by atoms with E-state index in [1.54, 1.807) is 24.3 Å². The van der Waals surface area contributed by atoms with E-state index in [2.05, 4.69) is 26.6 Å². The van der Waals surface area contributed by atoms with Crippen LogP contribution in [0.2, 0.25) is 0 Å². The molecule has 0 aliphatic rings. The zero-order chi connectivity index (χ0) is 15.4. The van der Waals surface area contributed by atoms with Gasteiger partial charge in [-0.15, -0.1) is 0 Å². The van der Waals surface area contributed by atoms with Crippen molar-refractivity contribution >= 4 is 33.6 Å². The van der Waals surface area contributed by atoms with E-state index >= 15 is 0 Å². The van der Waals surface area contributed by atoms with Gasteiger partial charge in [-0.05, 0) is 47.1 Å². The number of benzene rings is 1. The van der Waals surface area contributed by atoms with Gasteiger partial charge in [0.15, 0.2) is 0 Å². The first-order valence-electron chi connectivity index (χ1n) is 6.09. The zero-order valence-corrected chi connectivity index (χ0v) is 12.7. The molecule has 1 heterocycles. The monoisotopic (exact) mass is 352 g/mol. The number of furan rings is 1. The lowest BCUT2D eigenvalue weighted by atomic mass is 10.2. The predicted octanol–water partition coefficient (Wildman–Crippen LogP) is 3.37. The minimum atomic E-state index is -1.12. The van der Waals surface area contributed by atoms with Gasteiger partial charge in [-0.1, -0.05) is 6.07 Å². The van der Waals surface area contributed by atoms with Crippen LogP contribution >= 0.6 is 15.9 Å². The molecule has 0 radical (unpaired) electrons. The van der Waals surface area contributed by atoms with Crippen LogP contribution in [0.15, 0.2) is 39.2 Å². The molecule has 2 rings (SSSR count). The topological polar surface area (TPSA) is 91.6 Å². The Bertz CT molecular complexity index is 681. The Kier molecular flexibility index (Phi) is 4.64. The van der Waals surface area contributed by atoms with E-state index in [1.165, 1.54) is 6.07 Å². The number of carbonyl (C=O) groups excluding carboxylic acids is 1. The first-order chi connectivity index (χ1) is 9.97. The van der Waals surface area contributed by atoms with Crippen LogP contribution in [0.4, 0.5) is 10.5 Å². The molecule has 0 unspecified atom stereocenters. The van der Waals surface area contributed by atoms with E-state index in [-0.39, 0.29) is 17.8 Å². The maximum absolute atomic E-state index is 11.8. The Balaban J connectivity index is 2.04. The molecular formula is C14H13BrN2O4. The Hall–Kier alpha value is -2.28. The molecule has 110 valence electrons. The lowest BCUT2D eigenvalue weighted by Crippen LogP contribution is -2.29. The van der Waals surface area contributed by atoms with E-state index < -0.39 is 12.0 Å². The molecule has 1 aromatic carbocycles. The van der Waals surface area contributed by atoms with Crippen LogP contribution in [0, 0.1) is 6.92 Å². The molecule has 0 fully saturated rings. The van der Waals surface area contributed by atoms with Crippen LogP contribution in [-0.4, -0.2) is 17.1 Å². The number of para-hydroxylation sites is 1. The smallest absolute Gasteiger partial charge is 0.337 e. The number of rotatable bonds is 4. The number of anilines is 1. The van der Waals surface area contributed by atoms with Crippen molar-refractivity contribution in [2.45, 2.75) is 13.5 Å². The normalized spacial score (nSPS) is 10.2. The Labute approximate surface area is 129 Å². The van der Waals surface area contributed by atoms with Crippen molar-refractivity contribution < 1.29 is 19.1 Å². The second kappa shape index (κ2) is 6.45. The van der Waals surface area contributed by atoms with E-state index in [0.29, 0.717) is 10.2 Å². The number of aryl methyl sites for hydroxylation is 1. The van der Waals surface area contributed by atoms with Gasteiger partial charge >= 0.3 is 12.0 Å². The summed E-state index contributed by atoms with van der Waals surface area (Å²) in [5.74, 6) is 0.257. The number of carboxylic acids is 1. The minimum absolute atomic E-state index is 0.00775. The fourth-order valence-corrected chi connectivity index (χ4v) is 2.20. The first kappa shape index (κ1) is 15.1. The van der Waals surface area contributed by atoms with E-state index in [9.17, 15) is 9.59 Å². The summed E-state index contributed by atoms with van der Waals surface area (Å²) in [7, 11) is 0. The minimum Gasteiger partial charge on any atom is -0.478 e. The van der Waals surface area contributed by atoms with Crippen LogP contribution in [0.3, 0.4) is 0 Å². The molecular weight excluding hydrogens is 340 g/mol. The molecule has 2 aromatic rings. The van der Waals surface area contributed by atoms with Crippen molar-refractivity contribution in [1.29, 1.82) is 0 Å². The Morgan fingerprint density at radius 1 is 1.29 bits per heavy atom. The van der Waals surface area contributed by atoms with Crippen molar-refractivity contribution in [2.75, 3.05) is 5.32 Å². The van der Waals surface area contributed by atoms with Gasteiger partial charge < -0.3 is 20.2 Å². The number of carboxylic acid groups (broad SMARTS) is 1. The molecule has 7 heteroatoms. The molecule has 0 saturated heterocycles. The highest BCUT2D eigenvalue weighted by Gasteiger charge is 2.15. The van der Waals surface area contributed by atoms with Crippen LogP contribution in [-0.2, 0) is 6.54 Å². The summed E-state index contributed by atoms with van der Waals surface area (Å²) < 4.78 is 5.82. The number of aromatic carboxylic acids is 1. The lowest BCUT2D eigenvalue weighted by molar-refractivity contribution is 0.0698. The number of nitrogens with one attached hydrogen (secondary N) is 2. The standard InChI is InChI=1S/C14H13BrN2O4/c1-8-5-6-9(21-8)7-16-14(20)17-12-10(13(18)19)3-2-4-11(12)15/h2-6H,7H2,1H3,(H,18,19)(H2,16,17,20). The van der Waals surface area contributed by atoms with Crippen LogP contribution < -0.4 is 10.6 Å². The summed E-state index contributed by atoms with van der Waals surface area (Å²) >= 11 is 3.22. The van der Waals surface area contributed by atoms with Crippen molar-refractivity contribution in [3.8, 4) is 0 Å². The zero-order valence-electron chi connectivity index (χ0n) is 11.1. The summed E-state index contributed by atoms with van der Waals surface area (Å²) in [5, 5.41) is 14.2. The van der Waals surface area contributed by atoms with Gasteiger partial charge in [-0.2, -0.15) is 0 Å². The molecule has 6 nitrogen and oxygen atoms in total. The Morgan fingerprint density at radius 2 is 2.05 bits per heavy atom. The lowest BCUT2D eigenvalue weighted by Gasteiger charge is -2.11. The second-order valence-corrected chi connectivity index (χ2v) is 5.14. The second-order valence-electron chi connectivity index (χ2n) is 4.29. The SMILES string of the molecule is Cc1ccc(CNC(=O)Nc2c(Br)cccc2C(=O)O)o1. The van der Waals surface area contributed by atoms with Crippen molar-refractivity contribution in [2.24, 2.45) is 0 Å². The van der Waals surface area contributed by atoms with Gasteiger partial charge in [0, 0.05) is 4.47 Å². The van der Waals surface area contributed by atoms with Crippen molar-refractivity contribution in [3.05, 3.63) is 51.9 Å². The molecule has 0 aliphatic carbocycles. The van der Waals surface area contributed by atoms with E-state index in [4.69, 9.17) is 9.52 Å². The molecule has 0 spiro atoms. The fraction of sp³-hybridized carbons (Fsp3) is 0.143. The highest BCUT2D eigenvalue weighted by Crippen LogP contribution is 2.26. The summed E-state index contributed by atoms with van der Waals surface area (Å²) in [6.45, 7) is 2.02. The van der Waals surface area contributed by atoms with Gasteiger partial charge in [0.2, 0.25) is 0 Å². The average Bonchev–Trinajstić information content (AvgIpc) is 2.84. The third-order valence-electron chi connectivity index (χ3n) is 2.70. The highest BCUT2D eigenvalue weighted by atomic mass is 79.9. The van der Waals surface area contributed by atoms with Gasteiger partial charge in [-0.3, -0.25) is 0 Å². The summed E-state index contributed by atoms with van der Waals surface area (Å²) in [4.78, 5) is 23.0. The van der Waals surface area contributed by atoms with Gasteiger partial charge in [0.25, 0.3) is 0 Å². The largest absolute Gasteiger partial charge is 0.478 e. The van der Waals surface area contributed by atoms with Gasteiger partial charge in [0.05, 0.1) is 17.8 Å². The Morgan fingerprint density at radius 3 is 2.67 bits per heavy atom. The maximum atomic E-state index is 11.8. The van der Waals surface area contributed by atoms with Crippen LogP contribution in [0.5, 0.6) is 0 Å². The third kappa shape index (κ3) is 3.85. The molecule has 2 amide bonds. The molecule has 21 heavy (non-hydrogen) atoms. The number of urea groups is 1. The molecule has 0 aliphatic heterocycles. The number of amides is 2. The highest BCUT2D eigenvalue weighted by molar-refractivity contribution is 9.10. The number of halogens is 1. The number of hydrogen-bond donors (Lipinski definition) is 3. The third-order valence-corrected chi connectivity index (χ3v) is 3.36. The molecule has 0 saturated carbocycles. The maximum Gasteiger partial charge on any atom is 0.337 e. The number of carbonyl (C=O) groups is 2. The predicted molar refractivity (Wildman–Crippen MR) is 80.4 cm³/mol. The van der Waals surface area contributed by atoms with Crippen LogP contribution in [0.25, 0.3) is 0 Å². The quantitative estimate of drug-likeness (QED) is 0.786. The molecule has 3 N–H and O–H groups in total. The molecule has 0 bridgehead atoms. The van der Waals surface area contributed by atoms with Crippen molar-refractivity contribution in [3.63, 3.8) is 0 Å². The molecule has 1 aromatic heterocycles. The molecule has 0 atom stereocenters. The number of hydrogen-bond acceptors (Lipinski definition) is 3. The first-order valence-corrected chi connectivity index (χ1v) is 6.88. The van der Waals surface area contributed by atoms with Crippen molar-refractivity contribution in [1.82, 2.24) is 5.32 Å². The van der Waals surface area contributed by atoms with Gasteiger partial charge in [0.1, 0.15) is 11.5 Å². The fourth-order valence-electron chi connectivity index (χ4n) is 1.73. The summed E-state index contributed by atoms with van der Waals surface area (Å²) in [6.07, 6.45) is 0. The van der Waals surface area contributed by atoms with Gasteiger partial charge in [-0.25, -0.2) is 9.59 Å². The summed E-state index contributed by atoms with van der Waals surface area (Å²) in [5.41, 5.74) is 0.214.